The molecule has 0 N–H and O–H groups in total. The fourth-order valence-corrected chi connectivity index (χ4v) is 1.19. The zero-order valence-corrected chi connectivity index (χ0v) is 8.86. The molecule has 1 aromatic rings. The molecule has 0 atom stereocenters. The van der Waals surface area contributed by atoms with E-state index in [1.807, 2.05) is 24.8 Å². The Bertz CT molecular complexity index is 425. The summed E-state index contributed by atoms with van der Waals surface area (Å²) in [5, 5.41) is 8.77. The van der Waals surface area contributed by atoms with E-state index in [2.05, 4.69) is 15.9 Å². The number of rotatable bonds is 3. The number of hydrogen-bond donors (Lipinski definition) is 0. The highest BCUT2D eigenvalue weighted by Crippen LogP contribution is 2.09. The Kier molecular flexibility index (Phi) is 3.65. The molecule has 1 aromatic heterocycles. The smallest absolute Gasteiger partial charge is 0.227 e. The predicted octanol–water partition coefficient (Wildman–Crippen LogP) is 1.12. The van der Waals surface area contributed by atoms with Gasteiger partial charge in [0.25, 0.3) is 0 Å². The van der Waals surface area contributed by atoms with Crippen molar-refractivity contribution in [2.45, 2.75) is 13.8 Å². The van der Waals surface area contributed by atoms with Gasteiger partial charge in [-0.1, -0.05) is 5.92 Å². The molecule has 0 aliphatic heterocycles. The third-order valence-electron chi connectivity index (χ3n) is 1.90. The van der Waals surface area contributed by atoms with Crippen LogP contribution in [0.3, 0.4) is 0 Å². The second kappa shape index (κ2) is 4.97. The van der Waals surface area contributed by atoms with Crippen LogP contribution in [0, 0.1) is 30.6 Å². The molecule has 0 spiro atoms. The normalized spacial score (nSPS) is 9.07. The first kappa shape index (κ1) is 11.0. The maximum absolute atomic E-state index is 8.77. The molecule has 0 radical (unpaired) electrons. The van der Waals surface area contributed by atoms with Crippen molar-refractivity contribution in [2.24, 2.45) is 0 Å². The Morgan fingerprint density at radius 1 is 1.53 bits per heavy atom. The van der Waals surface area contributed by atoms with Crippen LogP contribution in [-0.4, -0.2) is 23.1 Å². The van der Waals surface area contributed by atoms with Crippen molar-refractivity contribution in [1.29, 1.82) is 5.26 Å². The van der Waals surface area contributed by atoms with Gasteiger partial charge in [0.05, 0.1) is 6.54 Å². The summed E-state index contributed by atoms with van der Waals surface area (Å²) < 4.78 is 0. The van der Waals surface area contributed by atoms with Gasteiger partial charge in [-0.3, -0.25) is 0 Å². The summed E-state index contributed by atoms with van der Waals surface area (Å²) in [6.45, 7) is 4.97. The third-order valence-corrected chi connectivity index (χ3v) is 1.90. The molecule has 1 heterocycles. The van der Waals surface area contributed by atoms with Gasteiger partial charge in [-0.15, -0.1) is 6.42 Å². The maximum Gasteiger partial charge on any atom is 0.227 e. The Hall–Kier alpha value is -2.07. The molecule has 15 heavy (non-hydrogen) atoms. The lowest BCUT2D eigenvalue weighted by Gasteiger charge is -2.17. The van der Waals surface area contributed by atoms with Crippen molar-refractivity contribution in [3.63, 3.8) is 0 Å². The van der Waals surface area contributed by atoms with E-state index in [0.29, 0.717) is 18.2 Å². The molecule has 0 unspecified atom stereocenters. The zero-order chi connectivity index (χ0) is 11.3. The minimum Gasteiger partial charge on any atom is -0.330 e. The van der Waals surface area contributed by atoms with E-state index in [1.54, 1.807) is 6.07 Å². The summed E-state index contributed by atoms with van der Waals surface area (Å²) in [7, 11) is 0. The van der Waals surface area contributed by atoms with Crippen molar-refractivity contribution in [3.8, 4) is 18.4 Å². The van der Waals surface area contributed by atoms with E-state index in [4.69, 9.17) is 11.7 Å². The molecule has 4 nitrogen and oxygen atoms in total. The van der Waals surface area contributed by atoms with E-state index in [9.17, 15) is 0 Å². The fourth-order valence-electron chi connectivity index (χ4n) is 1.19. The SMILES string of the molecule is C#CCN(CC)c1nc(C)cc(C#N)n1. The van der Waals surface area contributed by atoms with Gasteiger partial charge in [0.1, 0.15) is 11.8 Å². The van der Waals surface area contributed by atoms with Crippen molar-refractivity contribution in [1.82, 2.24) is 9.97 Å². The van der Waals surface area contributed by atoms with Gasteiger partial charge in [0.2, 0.25) is 5.95 Å². The van der Waals surface area contributed by atoms with Crippen LogP contribution in [-0.2, 0) is 0 Å². The Balaban J connectivity index is 3.08. The quantitative estimate of drug-likeness (QED) is 0.686. The maximum atomic E-state index is 8.77. The van der Waals surface area contributed by atoms with E-state index in [0.717, 1.165) is 12.2 Å². The third kappa shape index (κ3) is 2.69. The highest BCUT2D eigenvalue weighted by molar-refractivity contribution is 5.37. The van der Waals surface area contributed by atoms with Gasteiger partial charge < -0.3 is 4.90 Å². The summed E-state index contributed by atoms with van der Waals surface area (Å²) in [5.41, 5.74) is 1.14. The number of terminal acetylenes is 1. The summed E-state index contributed by atoms with van der Waals surface area (Å²) in [6.07, 6.45) is 5.24. The van der Waals surface area contributed by atoms with Gasteiger partial charge in [0, 0.05) is 12.2 Å². The zero-order valence-electron chi connectivity index (χ0n) is 8.86. The highest BCUT2D eigenvalue weighted by atomic mass is 15.2. The molecular formula is C11H12N4. The first-order valence-corrected chi connectivity index (χ1v) is 4.65. The van der Waals surface area contributed by atoms with Crippen molar-refractivity contribution in [2.75, 3.05) is 18.0 Å². The van der Waals surface area contributed by atoms with Gasteiger partial charge in [-0.25, -0.2) is 9.97 Å². The van der Waals surface area contributed by atoms with Crippen LogP contribution in [0.25, 0.3) is 0 Å². The minimum absolute atomic E-state index is 0.368. The van der Waals surface area contributed by atoms with Crippen LogP contribution in [0.2, 0.25) is 0 Å². The lowest BCUT2D eigenvalue weighted by molar-refractivity contribution is 0.852. The predicted molar refractivity (Wildman–Crippen MR) is 58.2 cm³/mol. The first-order valence-electron chi connectivity index (χ1n) is 4.65. The standard InChI is InChI=1S/C11H12N4/c1-4-6-15(5-2)11-13-9(3)7-10(8-12)14-11/h1,7H,5-6H2,2-3H3. The Morgan fingerprint density at radius 3 is 2.80 bits per heavy atom. The summed E-state index contributed by atoms with van der Waals surface area (Å²) in [6, 6.07) is 3.65. The molecule has 4 heteroatoms. The van der Waals surface area contributed by atoms with Crippen LogP contribution in [0.15, 0.2) is 6.07 Å². The molecule has 0 amide bonds. The number of hydrogen-bond acceptors (Lipinski definition) is 4. The second-order valence-corrected chi connectivity index (χ2v) is 3.02. The van der Waals surface area contributed by atoms with Gasteiger partial charge in [0.15, 0.2) is 0 Å². The molecule has 0 aromatic carbocycles. The summed E-state index contributed by atoms with van der Waals surface area (Å²) in [4.78, 5) is 10.2. The van der Waals surface area contributed by atoms with Crippen LogP contribution in [0.4, 0.5) is 5.95 Å². The number of nitriles is 1. The fraction of sp³-hybridized carbons (Fsp3) is 0.364. The van der Waals surface area contributed by atoms with Crippen LogP contribution in [0.5, 0.6) is 0 Å². The number of anilines is 1. The monoisotopic (exact) mass is 200 g/mol. The van der Waals surface area contributed by atoms with Crippen molar-refractivity contribution in [3.05, 3.63) is 17.5 Å². The molecule has 0 saturated heterocycles. The van der Waals surface area contributed by atoms with E-state index in [1.165, 1.54) is 0 Å². The summed E-state index contributed by atoms with van der Waals surface area (Å²) in [5.74, 6) is 3.06. The molecule has 0 aliphatic rings. The van der Waals surface area contributed by atoms with E-state index >= 15 is 0 Å². The number of aromatic nitrogens is 2. The average molecular weight is 200 g/mol. The first-order chi connectivity index (χ1) is 7.21. The molecule has 76 valence electrons. The van der Waals surface area contributed by atoms with E-state index in [-0.39, 0.29) is 0 Å². The molecule has 1 rings (SSSR count). The van der Waals surface area contributed by atoms with Gasteiger partial charge in [-0.05, 0) is 19.9 Å². The number of aryl methyl sites for hydroxylation is 1. The lowest BCUT2D eigenvalue weighted by Crippen LogP contribution is -2.25. The number of nitrogens with zero attached hydrogens (tertiary/aromatic N) is 4. The van der Waals surface area contributed by atoms with Crippen molar-refractivity contribution >= 4 is 5.95 Å². The molecule has 0 aliphatic carbocycles. The largest absolute Gasteiger partial charge is 0.330 e. The van der Waals surface area contributed by atoms with Gasteiger partial charge >= 0.3 is 0 Å². The highest BCUT2D eigenvalue weighted by Gasteiger charge is 2.08. The summed E-state index contributed by atoms with van der Waals surface area (Å²) >= 11 is 0. The van der Waals surface area contributed by atoms with Gasteiger partial charge in [-0.2, -0.15) is 5.26 Å². The van der Waals surface area contributed by atoms with E-state index < -0.39 is 0 Å². The second-order valence-electron chi connectivity index (χ2n) is 3.02. The minimum atomic E-state index is 0.368. The Morgan fingerprint density at radius 2 is 2.27 bits per heavy atom. The average Bonchev–Trinajstić information content (AvgIpc) is 2.24. The molecule has 0 saturated carbocycles. The molecule has 0 bridgehead atoms. The van der Waals surface area contributed by atoms with Crippen LogP contribution < -0.4 is 4.90 Å². The topological polar surface area (TPSA) is 52.8 Å². The molecular weight excluding hydrogens is 188 g/mol. The lowest BCUT2D eigenvalue weighted by atomic mass is 10.3. The van der Waals surface area contributed by atoms with Crippen molar-refractivity contribution < 1.29 is 0 Å². The van der Waals surface area contributed by atoms with Crippen LogP contribution >= 0.6 is 0 Å². The Labute approximate surface area is 89.6 Å². The van der Waals surface area contributed by atoms with Crippen LogP contribution in [0.1, 0.15) is 18.3 Å². The molecule has 0 fully saturated rings.